The number of hydrogen-bond donors (Lipinski definition) is 0. The molecular weight excluding hydrogens is 238 g/mol. The molecule has 1 unspecified atom stereocenters. The lowest BCUT2D eigenvalue weighted by molar-refractivity contribution is 0.272. The average Bonchev–Trinajstić information content (AvgIpc) is 2.95. The molecule has 0 amide bonds. The van der Waals surface area contributed by atoms with Gasteiger partial charge in [-0.3, -0.25) is 0 Å². The molecule has 2 rings (SSSR count). The van der Waals surface area contributed by atoms with Gasteiger partial charge in [0.05, 0.1) is 11.4 Å². The topological polar surface area (TPSA) is 45.2 Å². The molecular formula is C14H25N5. The zero-order valence-electron chi connectivity index (χ0n) is 12.6. The molecule has 1 fully saturated rings. The van der Waals surface area contributed by atoms with Gasteiger partial charge in [-0.15, -0.1) is 5.10 Å². The Bertz CT molecular complexity index is 420. The van der Waals surface area contributed by atoms with Crippen LogP contribution in [0.2, 0.25) is 0 Å². The lowest BCUT2D eigenvalue weighted by Crippen LogP contribution is -2.34. The number of nitrogens with zero attached hydrogens (tertiary/aromatic N) is 5. The first-order chi connectivity index (χ1) is 9.19. The lowest BCUT2D eigenvalue weighted by atomic mass is 10.2. The van der Waals surface area contributed by atoms with E-state index in [1.807, 2.05) is 0 Å². The minimum atomic E-state index is 0.615. The Morgan fingerprint density at radius 3 is 2.53 bits per heavy atom. The van der Waals surface area contributed by atoms with Gasteiger partial charge in [0.25, 0.3) is 0 Å². The van der Waals surface area contributed by atoms with Crippen molar-refractivity contribution in [3.05, 3.63) is 11.4 Å². The maximum atomic E-state index is 4.70. The molecule has 1 aliphatic heterocycles. The summed E-state index contributed by atoms with van der Waals surface area (Å²) in [6, 6.07) is 0.615. The third-order valence-corrected chi connectivity index (χ3v) is 4.07. The van der Waals surface area contributed by atoms with E-state index in [4.69, 9.17) is 4.98 Å². The Hall–Kier alpha value is -1.23. The summed E-state index contributed by atoms with van der Waals surface area (Å²) >= 11 is 0. The summed E-state index contributed by atoms with van der Waals surface area (Å²) in [6.07, 6.45) is 3.02. The van der Waals surface area contributed by atoms with Crippen molar-refractivity contribution < 1.29 is 0 Å². The second-order valence-corrected chi connectivity index (χ2v) is 5.17. The fourth-order valence-electron chi connectivity index (χ4n) is 2.60. The van der Waals surface area contributed by atoms with E-state index in [2.05, 4.69) is 47.8 Å². The van der Waals surface area contributed by atoms with Crippen LogP contribution in [0, 0.1) is 0 Å². The quantitative estimate of drug-likeness (QED) is 0.806. The number of aromatic nitrogens is 3. The SMILES string of the molecule is CCc1nnc(N2CCC(N(C)CC)C2)nc1CC. The zero-order valence-corrected chi connectivity index (χ0v) is 12.6. The molecule has 5 heteroatoms. The molecule has 0 radical (unpaired) electrons. The first-order valence-corrected chi connectivity index (χ1v) is 7.37. The Kier molecular flexibility index (Phi) is 4.69. The summed E-state index contributed by atoms with van der Waals surface area (Å²) in [5, 5.41) is 8.64. The summed E-state index contributed by atoms with van der Waals surface area (Å²) in [5.74, 6) is 0.807. The maximum Gasteiger partial charge on any atom is 0.245 e. The summed E-state index contributed by atoms with van der Waals surface area (Å²) in [7, 11) is 2.19. The van der Waals surface area contributed by atoms with E-state index in [1.165, 1.54) is 6.42 Å². The normalized spacial score (nSPS) is 19.4. The van der Waals surface area contributed by atoms with Gasteiger partial charge in [0.15, 0.2) is 0 Å². The van der Waals surface area contributed by atoms with Gasteiger partial charge in [-0.25, -0.2) is 4.98 Å². The highest BCUT2D eigenvalue weighted by atomic mass is 15.4. The van der Waals surface area contributed by atoms with Crippen molar-refractivity contribution in [3.63, 3.8) is 0 Å². The average molecular weight is 263 g/mol. The minimum absolute atomic E-state index is 0.615. The van der Waals surface area contributed by atoms with Crippen LogP contribution in [0.1, 0.15) is 38.6 Å². The third-order valence-electron chi connectivity index (χ3n) is 4.07. The van der Waals surface area contributed by atoms with Gasteiger partial charge in [0.2, 0.25) is 5.95 Å². The second-order valence-electron chi connectivity index (χ2n) is 5.17. The number of anilines is 1. The van der Waals surface area contributed by atoms with Crippen LogP contribution >= 0.6 is 0 Å². The summed E-state index contributed by atoms with van der Waals surface area (Å²) < 4.78 is 0. The molecule has 1 aliphatic rings. The van der Waals surface area contributed by atoms with Gasteiger partial charge in [-0.05, 0) is 32.9 Å². The molecule has 19 heavy (non-hydrogen) atoms. The summed E-state index contributed by atoms with van der Waals surface area (Å²) in [5.41, 5.74) is 2.13. The number of hydrogen-bond acceptors (Lipinski definition) is 5. The Morgan fingerprint density at radius 2 is 1.89 bits per heavy atom. The Balaban J connectivity index is 2.11. The molecule has 0 aromatic carbocycles. The van der Waals surface area contributed by atoms with E-state index in [9.17, 15) is 0 Å². The van der Waals surface area contributed by atoms with Crippen molar-refractivity contribution in [1.29, 1.82) is 0 Å². The van der Waals surface area contributed by atoms with Gasteiger partial charge in [0, 0.05) is 19.1 Å². The molecule has 1 atom stereocenters. The van der Waals surface area contributed by atoms with E-state index in [0.29, 0.717) is 6.04 Å². The van der Waals surface area contributed by atoms with Gasteiger partial charge < -0.3 is 9.80 Å². The fraction of sp³-hybridized carbons (Fsp3) is 0.786. The Labute approximate surface area is 116 Å². The van der Waals surface area contributed by atoms with Crippen LogP contribution in [0.25, 0.3) is 0 Å². The maximum absolute atomic E-state index is 4.70. The first-order valence-electron chi connectivity index (χ1n) is 7.37. The minimum Gasteiger partial charge on any atom is -0.338 e. The standard InChI is InChI=1S/C14H25N5/c1-5-12-13(6-2)16-17-14(15-12)19-9-8-11(10-19)18(4)7-3/h11H,5-10H2,1-4H3. The van der Waals surface area contributed by atoms with Crippen LogP contribution in [0.15, 0.2) is 0 Å². The van der Waals surface area contributed by atoms with Gasteiger partial charge in [0.1, 0.15) is 0 Å². The van der Waals surface area contributed by atoms with Crippen LogP contribution < -0.4 is 4.90 Å². The molecule has 2 heterocycles. The Morgan fingerprint density at radius 1 is 1.16 bits per heavy atom. The first kappa shape index (κ1) is 14.2. The third kappa shape index (κ3) is 3.03. The van der Waals surface area contributed by atoms with Gasteiger partial charge >= 0.3 is 0 Å². The van der Waals surface area contributed by atoms with Crippen molar-refractivity contribution >= 4 is 5.95 Å². The van der Waals surface area contributed by atoms with Crippen LogP contribution in [-0.4, -0.2) is 52.8 Å². The smallest absolute Gasteiger partial charge is 0.245 e. The molecule has 1 aromatic heterocycles. The van der Waals surface area contributed by atoms with Crippen LogP contribution in [0.3, 0.4) is 0 Å². The molecule has 1 aromatic rings. The van der Waals surface area contributed by atoms with E-state index in [0.717, 1.165) is 49.8 Å². The van der Waals surface area contributed by atoms with E-state index < -0.39 is 0 Å². The van der Waals surface area contributed by atoms with E-state index in [1.54, 1.807) is 0 Å². The van der Waals surface area contributed by atoms with E-state index >= 15 is 0 Å². The molecule has 0 saturated carbocycles. The highest BCUT2D eigenvalue weighted by Gasteiger charge is 2.27. The largest absolute Gasteiger partial charge is 0.338 e. The van der Waals surface area contributed by atoms with Gasteiger partial charge in [-0.2, -0.15) is 5.10 Å². The molecule has 106 valence electrons. The molecule has 1 saturated heterocycles. The predicted octanol–water partition coefficient (Wildman–Crippen LogP) is 1.53. The number of aryl methyl sites for hydroxylation is 2. The van der Waals surface area contributed by atoms with Crippen LogP contribution in [-0.2, 0) is 12.8 Å². The van der Waals surface area contributed by atoms with Crippen molar-refractivity contribution in [1.82, 2.24) is 20.1 Å². The van der Waals surface area contributed by atoms with Gasteiger partial charge in [-0.1, -0.05) is 20.8 Å². The molecule has 0 aliphatic carbocycles. The summed E-state index contributed by atoms with van der Waals surface area (Å²) in [4.78, 5) is 9.36. The molecule has 0 bridgehead atoms. The zero-order chi connectivity index (χ0) is 13.8. The second kappa shape index (κ2) is 6.28. The fourth-order valence-corrected chi connectivity index (χ4v) is 2.60. The van der Waals surface area contributed by atoms with Crippen LogP contribution in [0.5, 0.6) is 0 Å². The van der Waals surface area contributed by atoms with E-state index in [-0.39, 0.29) is 0 Å². The number of likely N-dealkylation sites (N-methyl/N-ethyl adjacent to an activating group) is 1. The highest BCUT2D eigenvalue weighted by Crippen LogP contribution is 2.19. The summed E-state index contributed by atoms with van der Waals surface area (Å²) in [6.45, 7) is 9.57. The lowest BCUT2D eigenvalue weighted by Gasteiger charge is -2.23. The highest BCUT2D eigenvalue weighted by molar-refractivity contribution is 5.32. The van der Waals surface area contributed by atoms with Crippen molar-refractivity contribution in [2.75, 3.05) is 31.6 Å². The van der Waals surface area contributed by atoms with Crippen molar-refractivity contribution in [2.24, 2.45) is 0 Å². The van der Waals surface area contributed by atoms with Crippen LogP contribution in [0.4, 0.5) is 5.95 Å². The molecule has 0 spiro atoms. The molecule has 5 nitrogen and oxygen atoms in total. The predicted molar refractivity (Wildman–Crippen MR) is 77.5 cm³/mol. The van der Waals surface area contributed by atoms with Crippen molar-refractivity contribution in [3.8, 4) is 0 Å². The monoisotopic (exact) mass is 263 g/mol. The molecule has 0 N–H and O–H groups in total. The number of rotatable bonds is 5. The van der Waals surface area contributed by atoms with Crippen molar-refractivity contribution in [2.45, 2.75) is 46.1 Å².